The summed E-state index contributed by atoms with van der Waals surface area (Å²) < 4.78 is 0. The Morgan fingerprint density at radius 2 is 1.06 bits per heavy atom. The molecule has 0 aromatic rings. The molecule has 0 aromatic heterocycles. The minimum absolute atomic E-state index is 1.35. The van der Waals surface area contributed by atoms with Crippen LogP contribution in [0.5, 0.6) is 0 Å². The third-order valence-corrected chi connectivity index (χ3v) is 8.92. The van der Waals surface area contributed by atoms with Crippen molar-refractivity contribution in [2.45, 2.75) is 65.2 Å². The van der Waals surface area contributed by atoms with E-state index in [2.05, 4.69) is 42.7 Å². The van der Waals surface area contributed by atoms with Gasteiger partial charge in [0.15, 0.2) is 0 Å². The fraction of sp³-hybridized carbons (Fsp3) is 1.00. The molecule has 0 spiro atoms. The predicted molar refractivity (Wildman–Crippen MR) is 85.7 cm³/mol. The van der Waals surface area contributed by atoms with E-state index in [0.29, 0.717) is 0 Å². The quantitative estimate of drug-likeness (QED) is 0.329. The molecule has 0 unspecified atom stereocenters. The van der Waals surface area contributed by atoms with Crippen LogP contribution in [-0.2, 0) is 0 Å². The maximum absolute atomic E-state index is 4.12. The normalized spacial score (nSPS) is 14.7. The Morgan fingerprint density at radius 3 is 1.38 bits per heavy atom. The van der Waals surface area contributed by atoms with E-state index in [1.54, 1.807) is 0 Å². The van der Waals surface area contributed by atoms with Gasteiger partial charge in [-0.1, -0.05) is 0 Å². The molecule has 0 aliphatic rings. The van der Waals surface area contributed by atoms with Gasteiger partial charge in [0, 0.05) is 0 Å². The zero-order valence-corrected chi connectivity index (χ0v) is 14.4. The Bertz CT molecular complexity index is 153. The van der Waals surface area contributed by atoms with E-state index in [0.717, 1.165) is 0 Å². The monoisotopic (exact) mass is 310 g/mol. The zero-order chi connectivity index (χ0) is 12.5. The summed E-state index contributed by atoms with van der Waals surface area (Å²) in [6.07, 6.45) is 14.1. The Labute approximate surface area is 112 Å². The summed E-state index contributed by atoms with van der Waals surface area (Å²) in [6.45, 7) is 9.61. The molecule has 0 bridgehead atoms. The third-order valence-electron chi connectivity index (χ3n) is 3.40. The molecule has 0 radical (unpaired) electrons. The van der Waals surface area contributed by atoms with Gasteiger partial charge >= 0.3 is 112 Å². The van der Waals surface area contributed by atoms with Gasteiger partial charge in [0.1, 0.15) is 0 Å². The molecule has 16 heavy (non-hydrogen) atoms. The van der Waals surface area contributed by atoms with Crippen molar-refractivity contribution < 1.29 is 0 Å². The summed E-state index contributed by atoms with van der Waals surface area (Å²) >= 11 is 4.12. The van der Waals surface area contributed by atoms with E-state index in [1.165, 1.54) is 63.7 Å². The van der Waals surface area contributed by atoms with E-state index in [-0.39, 0.29) is 0 Å². The first-order chi connectivity index (χ1) is 7.39. The van der Waals surface area contributed by atoms with Crippen LogP contribution in [0, 0.1) is 0 Å². The van der Waals surface area contributed by atoms with Gasteiger partial charge in [-0.25, -0.2) is 0 Å². The average Bonchev–Trinajstić information content (AvgIpc) is 2.19. The second-order valence-electron chi connectivity index (χ2n) is 6.08. The summed E-state index contributed by atoms with van der Waals surface area (Å²) in [5.74, 6) is 0. The Morgan fingerprint density at radius 1 is 0.688 bits per heavy atom. The van der Waals surface area contributed by atoms with Crippen LogP contribution in [-0.4, -0.2) is 25.7 Å². The number of rotatable bonds is 10. The zero-order valence-electron chi connectivity index (χ0n) is 11.9. The minimum atomic E-state index is -1.46. The van der Waals surface area contributed by atoms with Gasteiger partial charge in [-0.05, 0) is 0 Å². The van der Waals surface area contributed by atoms with E-state index < -0.39 is 5.31 Å². The van der Waals surface area contributed by atoms with Crippen LogP contribution < -0.4 is 0 Å². The van der Waals surface area contributed by atoms with Crippen molar-refractivity contribution in [2.24, 2.45) is 0 Å². The standard InChI is InChI=1S/C14H32BrP/c1-5-7-9-11-13-16(3,4,15)14-12-10-8-6-2/h5-14H2,1-4H3. The van der Waals surface area contributed by atoms with Crippen LogP contribution in [0.15, 0.2) is 0 Å². The van der Waals surface area contributed by atoms with Crippen LogP contribution in [0.25, 0.3) is 0 Å². The predicted octanol–water partition coefficient (Wildman–Crippen LogP) is 6.27. The summed E-state index contributed by atoms with van der Waals surface area (Å²) in [5, 5.41) is -1.46. The summed E-state index contributed by atoms with van der Waals surface area (Å²) in [4.78, 5) is 0. The van der Waals surface area contributed by atoms with E-state index in [4.69, 9.17) is 0 Å². The van der Waals surface area contributed by atoms with Gasteiger partial charge in [0.2, 0.25) is 0 Å². The number of hydrogen-bond donors (Lipinski definition) is 0. The van der Waals surface area contributed by atoms with Crippen LogP contribution in [0.1, 0.15) is 65.2 Å². The number of unbranched alkanes of at least 4 members (excludes halogenated alkanes) is 6. The molecule has 0 aromatic carbocycles. The molecule has 0 aliphatic heterocycles. The van der Waals surface area contributed by atoms with E-state index in [1.807, 2.05) is 0 Å². The Kier molecular flexibility index (Phi) is 8.55. The first-order valence-electron chi connectivity index (χ1n) is 7.11. The van der Waals surface area contributed by atoms with Gasteiger partial charge in [0.25, 0.3) is 0 Å². The summed E-state index contributed by atoms with van der Waals surface area (Å²) in [6, 6.07) is 0. The third kappa shape index (κ3) is 10.1. The summed E-state index contributed by atoms with van der Waals surface area (Å²) in [5.41, 5.74) is 0. The van der Waals surface area contributed by atoms with Crippen LogP contribution >= 0.6 is 20.8 Å². The van der Waals surface area contributed by atoms with Crippen LogP contribution in [0.4, 0.5) is 0 Å². The SMILES string of the molecule is CCCCCCP(C)(C)(Br)CCCCCC. The molecular formula is C14H32BrP. The fourth-order valence-corrected chi connectivity index (χ4v) is 6.29. The van der Waals surface area contributed by atoms with Gasteiger partial charge in [-0.15, -0.1) is 0 Å². The second kappa shape index (κ2) is 8.09. The van der Waals surface area contributed by atoms with Gasteiger partial charge in [0.05, 0.1) is 0 Å². The molecule has 0 atom stereocenters. The van der Waals surface area contributed by atoms with Crippen molar-refractivity contribution in [3.8, 4) is 0 Å². The Balaban J connectivity index is 3.75. The van der Waals surface area contributed by atoms with E-state index >= 15 is 0 Å². The van der Waals surface area contributed by atoms with Gasteiger partial charge < -0.3 is 0 Å². The molecule has 100 valence electrons. The molecule has 0 heterocycles. The van der Waals surface area contributed by atoms with Crippen molar-refractivity contribution in [3.05, 3.63) is 0 Å². The molecule has 0 amide bonds. The molecule has 0 saturated heterocycles. The Hall–Kier alpha value is 0.910. The van der Waals surface area contributed by atoms with Crippen molar-refractivity contribution in [1.29, 1.82) is 0 Å². The maximum atomic E-state index is 4.12. The first-order valence-corrected chi connectivity index (χ1v) is 12.6. The van der Waals surface area contributed by atoms with Gasteiger partial charge in [-0.2, -0.15) is 0 Å². The number of halogens is 1. The van der Waals surface area contributed by atoms with Crippen molar-refractivity contribution in [1.82, 2.24) is 0 Å². The van der Waals surface area contributed by atoms with Crippen LogP contribution in [0.2, 0.25) is 0 Å². The molecule has 0 fully saturated rings. The van der Waals surface area contributed by atoms with Gasteiger partial charge in [-0.3, -0.25) is 0 Å². The molecule has 0 rings (SSSR count). The topological polar surface area (TPSA) is 0 Å². The van der Waals surface area contributed by atoms with Crippen molar-refractivity contribution >= 4 is 20.8 Å². The van der Waals surface area contributed by atoms with E-state index in [9.17, 15) is 0 Å². The summed E-state index contributed by atoms with van der Waals surface area (Å²) in [7, 11) is 0. The average molecular weight is 311 g/mol. The fourth-order valence-electron chi connectivity index (χ4n) is 2.16. The molecular weight excluding hydrogens is 279 g/mol. The molecule has 0 N–H and O–H groups in total. The first kappa shape index (κ1) is 16.9. The molecule has 2 heteroatoms. The van der Waals surface area contributed by atoms with Crippen molar-refractivity contribution in [2.75, 3.05) is 25.7 Å². The molecule has 0 saturated carbocycles. The van der Waals surface area contributed by atoms with Crippen molar-refractivity contribution in [3.63, 3.8) is 0 Å². The molecule has 0 aliphatic carbocycles. The number of hydrogen-bond acceptors (Lipinski definition) is 0. The molecule has 0 nitrogen and oxygen atoms in total. The second-order valence-corrected chi connectivity index (χ2v) is 19.3. The van der Waals surface area contributed by atoms with Crippen LogP contribution in [0.3, 0.4) is 0 Å².